The maximum Gasteiger partial charge on any atom is 0.316 e. The molecule has 2 aromatic rings. The first-order chi connectivity index (χ1) is 14.1. The van der Waals surface area contributed by atoms with Crippen molar-refractivity contribution in [3.05, 3.63) is 17.7 Å². The number of hydrogen-bond acceptors (Lipinski definition) is 7. The summed E-state index contributed by atoms with van der Waals surface area (Å²) < 4.78 is 11.1. The van der Waals surface area contributed by atoms with E-state index in [1.54, 1.807) is 7.11 Å². The van der Waals surface area contributed by atoms with Crippen LogP contribution in [0.15, 0.2) is 16.5 Å². The molecular formula is C21H27N5O3. The van der Waals surface area contributed by atoms with E-state index >= 15 is 0 Å². The van der Waals surface area contributed by atoms with E-state index in [4.69, 9.17) is 9.15 Å². The molecular weight excluding hydrogens is 370 g/mol. The lowest BCUT2D eigenvalue weighted by molar-refractivity contribution is -0.133. The maximum atomic E-state index is 12.7. The summed E-state index contributed by atoms with van der Waals surface area (Å²) in [7, 11) is 1.62. The second-order valence-electron chi connectivity index (χ2n) is 8.67. The van der Waals surface area contributed by atoms with Crippen molar-refractivity contribution in [2.45, 2.75) is 57.4 Å². The number of likely N-dealkylation sites (tertiary alicyclic amines) is 1. The van der Waals surface area contributed by atoms with Crippen molar-refractivity contribution >= 4 is 11.9 Å². The number of amides is 1. The standard InChI is InChI=1S/C21H27N5O3/c1-13(19(27)26-11-9-21(7-8-21)10-12-26)22-20-25-24-18(29-20)16-6-5-15(14-3-4-14)17(23-16)28-2/h5-6,13-14H,3-4,7-12H2,1-2H3,(H,22,25)/t13-/m1/s1. The van der Waals surface area contributed by atoms with Crippen molar-refractivity contribution in [1.82, 2.24) is 20.1 Å². The fourth-order valence-electron chi connectivity index (χ4n) is 4.22. The van der Waals surface area contributed by atoms with Crippen molar-refractivity contribution in [1.29, 1.82) is 0 Å². The lowest BCUT2D eigenvalue weighted by Crippen LogP contribution is -2.45. The van der Waals surface area contributed by atoms with E-state index in [-0.39, 0.29) is 11.9 Å². The summed E-state index contributed by atoms with van der Waals surface area (Å²) in [4.78, 5) is 19.2. The summed E-state index contributed by atoms with van der Waals surface area (Å²) in [6, 6.07) is 3.70. The van der Waals surface area contributed by atoms with Gasteiger partial charge in [0.2, 0.25) is 11.8 Å². The largest absolute Gasteiger partial charge is 0.481 e. The predicted molar refractivity (Wildman–Crippen MR) is 107 cm³/mol. The number of hydrogen-bond donors (Lipinski definition) is 1. The van der Waals surface area contributed by atoms with Crippen LogP contribution < -0.4 is 10.1 Å². The Morgan fingerprint density at radius 2 is 2.00 bits per heavy atom. The Bertz CT molecular complexity index is 909. The third-order valence-corrected chi connectivity index (χ3v) is 6.55. The lowest BCUT2D eigenvalue weighted by atomic mass is 9.93. The van der Waals surface area contributed by atoms with E-state index < -0.39 is 6.04 Å². The van der Waals surface area contributed by atoms with Gasteiger partial charge in [-0.25, -0.2) is 4.98 Å². The van der Waals surface area contributed by atoms with Crippen LogP contribution in [0.25, 0.3) is 11.6 Å². The van der Waals surface area contributed by atoms with Gasteiger partial charge in [-0.3, -0.25) is 4.79 Å². The van der Waals surface area contributed by atoms with Crippen molar-refractivity contribution in [2.24, 2.45) is 5.41 Å². The number of nitrogens with one attached hydrogen (secondary N) is 1. The van der Waals surface area contributed by atoms with Crippen LogP contribution in [0.5, 0.6) is 5.88 Å². The molecule has 2 aliphatic carbocycles. The zero-order valence-corrected chi connectivity index (χ0v) is 17.0. The molecule has 5 rings (SSSR count). The molecule has 1 atom stereocenters. The van der Waals surface area contributed by atoms with Crippen LogP contribution >= 0.6 is 0 Å². The van der Waals surface area contributed by atoms with Gasteiger partial charge in [-0.15, -0.1) is 5.10 Å². The summed E-state index contributed by atoms with van der Waals surface area (Å²) in [5, 5.41) is 11.2. The Morgan fingerprint density at radius 1 is 1.24 bits per heavy atom. The van der Waals surface area contributed by atoms with Gasteiger partial charge in [-0.05, 0) is 62.8 Å². The van der Waals surface area contributed by atoms with Gasteiger partial charge in [0.15, 0.2) is 0 Å². The van der Waals surface area contributed by atoms with Gasteiger partial charge in [0.1, 0.15) is 11.7 Å². The molecule has 3 fully saturated rings. The molecule has 3 aliphatic rings. The van der Waals surface area contributed by atoms with Gasteiger partial charge in [0, 0.05) is 18.7 Å². The monoisotopic (exact) mass is 397 g/mol. The number of carbonyl (C=O) groups excluding carboxylic acids is 1. The van der Waals surface area contributed by atoms with Crippen LogP contribution in [0.3, 0.4) is 0 Å². The van der Waals surface area contributed by atoms with E-state index in [0.29, 0.717) is 28.8 Å². The van der Waals surface area contributed by atoms with Gasteiger partial charge in [-0.2, -0.15) is 0 Å². The van der Waals surface area contributed by atoms with Gasteiger partial charge in [0.25, 0.3) is 5.89 Å². The minimum Gasteiger partial charge on any atom is -0.481 e. The van der Waals surface area contributed by atoms with Crippen molar-refractivity contribution in [3.8, 4) is 17.5 Å². The van der Waals surface area contributed by atoms with E-state index in [2.05, 4.69) is 20.5 Å². The van der Waals surface area contributed by atoms with E-state index in [1.807, 2.05) is 24.0 Å². The molecule has 1 spiro atoms. The van der Waals surface area contributed by atoms with E-state index in [9.17, 15) is 4.79 Å². The minimum atomic E-state index is -0.420. The molecule has 2 aromatic heterocycles. The van der Waals surface area contributed by atoms with Gasteiger partial charge in [-0.1, -0.05) is 11.2 Å². The summed E-state index contributed by atoms with van der Waals surface area (Å²) in [5.41, 5.74) is 2.25. The van der Waals surface area contributed by atoms with Crippen molar-refractivity contribution in [3.63, 3.8) is 0 Å². The van der Waals surface area contributed by atoms with Crippen LogP contribution in [0.2, 0.25) is 0 Å². The molecule has 1 amide bonds. The molecule has 1 aliphatic heterocycles. The molecule has 0 aromatic carbocycles. The molecule has 0 unspecified atom stereocenters. The minimum absolute atomic E-state index is 0.0776. The SMILES string of the molecule is COc1nc(-c2nnc(N[C@H](C)C(=O)N3CCC4(CC3)CC4)o2)ccc1C1CC1. The average Bonchev–Trinajstić information content (AvgIpc) is 3.68. The first-order valence-electron chi connectivity index (χ1n) is 10.5. The molecule has 1 N–H and O–H groups in total. The predicted octanol–water partition coefficient (Wildman–Crippen LogP) is 3.22. The second kappa shape index (κ2) is 7.00. The molecule has 1 saturated heterocycles. The molecule has 8 nitrogen and oxygen atoms in total. The highest BCUT2D eigenvalue weighted by Gasteiger charge is 2.45. The van der Waals surface area contributed by atoms with Crippen molar-refractivity contribution in [2.75, 3.05) is 25.5 Å². The van der Waals surface area contributed by atoms with Crippen molar-refractivity contribution < 1.29 is 13.9 Å². The zero-order valence-electron chi connectivity index (χ0n) is 17.0. The van der Waals surface area contributed by atoms with Gasteiger partial charge < -0.3 is 19.4 Å². The Balaban J connectivity index is 1.23. The Labute approximate surface area is 170 Å². The first kappa shape index (κ1) is 18.4. The van der Waals surface area contributed by atoms with Crippen LogP contribution in [0.4, 0.5) is 6.01 Å². The van der Waals surface area contributed by atoms with Crippen LogP contribution in [-0.4, -0.2) is 52.2 Å². The number of rotatable bonds is 6. The number of aromatic nitrogens is 3. The number of carbonyl (C=O) groups is 1. The molecule has 2 saturated carbocycles. The first-order valence-corrected chi connectivity index (χ1v) is 10.5. The number of pyridine rings is 1. The summed E-state index contributed by atoms with van der Waals surface area (Å²) in [5.74, 6) is 1.54. The fourth-order valence-corrected chi connectivity index (χ4v) is 4.22. The highest BCUT2D eigenvalue weighted by Crippen LogP contribution is 2.53. The third-order valence-electron chi connectivity index (χ3n) is 6.55. The molecule has 3 heterocycles. The zero-order chi connectivity index (χ0) is 20.0. The normalized spacial score (nSPS) is 21.1. The number of ether oxygens (including phenoxy) is 1. The number of methoxy groups -OCH3 is 1. The molecule has 29 heavy (non-hydrogen) atoms. The van der Waals surface area contributed by atoms with E-state index in [1.165, 1.54) is 25.7 Å². The average molecular weight is 397 g/mol. The molecule has 8 heteroatoms. The lowest BCUT2D eigenvalue weighted by Gasteiger charge is -2.33. The van der Waals surface area contributed by atoms with Crippen LogP contribution in [0, 0.1) is 5.41 Å². The molecule has 0 radical (unpaired) electrons. The quantitative estimate of drug-likeness (QED) is 0.800. The third kappa shape index (κ3) is 3.68. The Kier molecular flexibility index (Phi) is 4.44. The highest BCUT2D eigenvalue weighted by molar-refractivity contribution is 5.83. The second-order valence-corrected chi connectivity index (χ2v) is 8.67. The summed E-state index contributed by atoms with van der Waals surface area (Å²) >= 11 is 0. The maximum absolute atomic E-state index is 12.7. The fraction of sp³-hybridized carbons (Fsp3) is 0.619. The summed E-state index contributed by atoms with van der Waals surface area (Å²) in [6.07, 6.45) is 7.26. The molecule has 154 valence electrons. The number of piperidine rings is 1. The Morgan fingerprint density at radius 3 is 2.66 bits per heavy atom. The molecule has 0 bridgehead atoms. The summed E-state index contributed by atoms with van der Waals surface area (Å²) in [6.45, 7) is 3.52. The van der Waals surface area contributed by atoms with Gasteiger partial charge in [0.05, 0.1) is 7.11 Å². The Hall–Kier alpha value is -2.64. The number of anilines is 1. The van der Waals surface area contributed by atoms with Gasteiger partial charge >= 0.3 is 6.01 Å². The highest BCUT2D eigenvalue weighted by atomic mass is 16.5. The van der Waals surface area contributed by atoms with E-state index in [0.717, 1.165) is 31.5 Å². The number of nitrogens with zero attached hydrogens (tertiary/aromatic N) is 4. The van der Waals surface area contributed by atoms with Crippen LogP contribution in [0.1, 0.15) is 56.9 Å². The smallest absolute Gasteiger partial charge is 0.316 e. The van der Waals surface area contributed by atoms with Crippen LogP contribution in [-0.2, 0) is 4.79 Å². The topological polar surface area (TPSA) is 93.4 Å².